The summed E-state index contributed by atoms with van der Waals surface area (Å²) < 4.78 is 0. The third-order valence-corrected chi connectivity index (χ3v) is 2.99. The lowest BCUT2D eigenvalue weighted by Gasteiger charge is -2.23. The Hall–Kier alpha value is -1.61. The average Bonchev–Trinajstić information content (AvgIpc) is 2.35. The van der Waals surface area contributed by atoms with Gasteiger partial charge in [-0.1, -0.05) is 43.3 Å². The molecule has 0 atom stereocenters. The van der Waals surface area contributed by atoms with Crippen molar-refractivity contribution in [2.45, 2.75) is 13.3 Å². The van der Waals surface area contributed by atoms with Crippen LogP contribution < -0.4 is 10.6 Å². The molecule has 2 aromatic rings. The van der Waals surface area contributed by atoms with Gasteiger partial charge in [-0.05, 0) is 30.1 Å². The van der Waals surface area contributed by atoms with Crippen molar-refractivity contribution < 1.29 is 0 Å². The van der Waals surface area contributed by atoms with Gasteiger partial charge in [0.2, 0.25) is 0 Å². The summed E-state index contributed by atoms with van der Waals surface area (Å²) in [4.78, 5) is 2.00. The molecule has 0 aliphatic heterocycles. The SMILES string of the molecule is CCCN(C(N)=S)c1cccc2ccccc12. The van der Waals surface area contributed by atoms with E-state index >= 15 is 0 Å². The number of rotatable bonds is 3. The van der Waals surface area contributed by atoms with Gasteiger partial charge in [-0.15, -0.1) is 0 Å². The zero-order chi connectivity index (χ0) is 12.3. The van der Waals surface area contributed by atoms with Crippen molar-refractivity contribution in [3.05, 3.63) is 42.5 Å². The molecule has 0 aliphatic rings. The van der Waals surface area contributed by atoms with Crippen LogP contribution in [-0.2, 0) is 0 Å². The van der Waals surface area contributed by atoms with Crippen LogP contribution in [0.4, 0.5) is 5.69 Å². The second-order valence-electron chi connectivity index (χ2n) is 3.99. The molecule has 0 aromatic heterocycles. The third kappa shape index (κ3) is 2.39. The van der Waals surface area contributed by atoms with Gasteiger partial charge in [0.15, 0.2) is 5.11 Å². The van der Waals surface area contributed by atoms with Gasteiger partial charge >= 0.3 is 0 Å². The predicted octanol–water partition coefficient (Wildman–Crippen LogP) is 3.30. The normalized spacial score (nSPS) is 10.4. The van der Waals surface area contributed by atoms with Crippen LogP contribution in [-0.4, -0.2) is 11.7 Å². The van der Waals surface area contributed by atoms with Crippen molar-refractivity contribution in [1.29, 1.82) is 0 Å². The number of anilines is 1. The molecule has 88 valence electrons. The second kappa shape index (κ2) is 5.15. The lowest BCUT2D eigenvalue weighted by molar-refractivity contribution is 0.907. The second-order valence-corrected chi connectivity index (χ2v) is 4.41. The lowest BCUT2D eigenvalue weighted by Crippen LogP contribution is -2.36. The third-order valence-electron chi connectivity index (χ3n) is 2.77. The highest BCUT2D eigenvalue weighted by molar-refractivity contribution is 7.80. The summed E-state index contributed by atoms with van der Waals surface area (Å²) >= 11 is 5.13. The van der Waals surface area contributed by atoms with Crippen molar-refractivity contribution in [3.63, 3.8) is 0 Å². The fourth-order valence-corrected chi connectivity index (χ4v) is 2.21. The summed E-state index contributed by atoms with van der Waals surface area (Å²) in [6.45, 7) is 2.97. The van der Waals surface area contributed by atoms with Gasteiger partial charge in [-0.25, -0.2) is 0 Å². The fourth-order valence-electron chi connectivity index (χ4n) is 2.02. The molecule has 0 amide bonds. The summed E-state index contributed by atoms with van der Waals surface area (Å²) in [7, 11) is 0. The molecule has 0 fully saturated rings. The maximum atomic E-state index is 5.80. The van der Waals surface area contributed by atoms with Crippen LogP contribution in [0.5, 0.6) is 0 Å². The number of fused-ring (bicyclic) bond motifs is 1. The van der Waals surface area contributed by atoms with Crippen molar-refractivity contribution in [3.8, 4) is 0 Å². The number of thiocarbonyl (C=S) groups is 1. The van der Waals surface area contributed by atoms with E-state index in [1.165, 1.54) is 10.8 Å². The zero-order valence-corrected chi connectivity index (χ0v) is 10.7. The summed E-state index contributed by atoms with van der Waals surface area (Å²) in [6.07, 6.45) is 1.01. The molecule has 0 aliphatic carbocycles. The van der Waals surface area contributed by atoms with Crippen LogP contribution >= 0.6 is 12.2 Å². The Morgan fingerprint density at radius 2 is 1.88 bits per heavy atom. The molecule has 0 radical (unpaired) electrons. The van der Waals surface area contributed by atoms with Gasteiger partial charge in [-0.2, -0.15) is 0 Å². The molecule has 3 heteroatoms. The Morgan fingerprint density at radius 1 is 1.18 bits per heavy atom. The Bertz CT molecular complexity index is 531. The highest BCUT2D eigenvalue weighted by atomic mass is 32.1. The quantitative estimate of drug-likeness (QED) is 0.840. The van der Waals surface area contributed by atoms with Crippen LogP contribution in [0.3, 0.4) is 0 Å². The molecule has 0 unspecified atom stereocenters. The average molecular weight is 244 g/mol. The summed E-state index contributed by atoms with van der Waals surface area (Å²) in [6, 6.07) is 14.5. The Morgan fingerprint density at radius 3 is 2.59 bits per heavy atom. The van der Waals surface area contributed by atoms with E-state index in [0.717, 1.165) is 18.7 Å². The fraction of sp³-hybridized carbons (Fsp3) is 0.214. The molecule has 0 saturated heterocycles. The van der Waals surface area contributed by atoms with Crippen LogP contribution in [0.15, 0.2) is 42.5 Å². The molecular weight excluding hydrogens is 228 g/mol. The van der Waals surface area contributed by atoms with Crippen molar-refractivity contribution in [2.24, 2.45) is 5.73 Å². The van der Waals surface area contributed by atoms with Crippen LogP contribution in [0.25, 0.3) is 10.8 Å². The van der Waals surface area contributed by atoms with Gasteiger partial charge in [0.25, 0.3) is 0 Å². The molecule has 2 N–H and O–H groups in total. The number of nitrogens with zero attached hydrogens (tertiary/aromatic N) is 1. The largest absolute Gasteiger partial charge is 0.376 e. The summed E-state index contributed by atoms with van der Waals surface area (Å²) in [5.74, 6) is 0. The van der Waals surface area contributed by atoms with Crippen LogP contribution in [0, 0.1) is 0 Å². The number of hydrogen-bond acceptors (Lipinski definition) is 1. The number of benzene rings is 2. The monoisotopic (exact) mass is 244 g/mol. The lowest BCUT2D eigenvalue weighted by atomic mass is 10.1. The van der Waals surface area contributed by atoms with Gasteiger partial charge in [0.1, 0.15) is 0 Å². The van der Waals surface area contributed by atoms with E-state index in [1.807, 2.05) is 23.1 Å². The van der Waals surface area contributed by atoms with Crippen molar-refractivity contribution in [1.82, 2.24) is 0 Å². The zero-order valence-electron chi connectivity index (χ0n) is 9.89. The molecule has 0 saturated carbocycles. The summed E-state index contributed by atoms with van der Waals surface area (Å²) in [5, 5.41) is 2.84. The van der Waals surface area contributed by atoms with Crippen molar-refractivity contribution in [2.75, 3.05) is 11.4 Å². The first-order valence-electron chi connectivity index (χ1n) is 5.78. The first-order chi connectivity index (χ1) is 8.24. The topological polar surface area (TPSA) is 29.3 Å². The van der Waals surface area contributed by atoms with E-state index in [-0.39, 0.29) is 0 Å². The van der Waals surface area contributed by atoms with Crippen LogP contribution in [0.2, 0.25) is 0 Å². The van der Waals surface area contributed by atoms with Gasteiger partial charge in [0, 0.05) is 11.9 Å². The van der Waals surface area contributed by atoms with E-state index in [4.69, 9.17) is 18.0 Å². The Kier molecular flexibility index (Phi) is 3.59. The van der Waals surface area contributed by atoms with E-state index in [2.05, 4.69) is 31.2 Å². The first kappa shape index (κ1) is 11.9. The van der Waals surface area contributed by atoms with Gasteiger partial charge < -0.3 is 10.6 Å². The smallest absolute Gasteiger partial charge is 0.170 e. The Labute approximate surface area is 107 Å². The number of hydrogen-bond donors (Lipinski definition) is 1. The molecule has 17 heavy (non-hydrogen) atoms. The molecule has 2 aromatic carbocycles. The first-order valence-corrected chi connectivity index (χ1v) is 6.19. The maximum Gasteiger partial charge on any atom is 0.170 e. The predicted molar refractivity (Wildman–Crippen MR) is 78.4 cm³/mol. The highest BCUT2D eigenvalue weighted by Crippen LogP contribution is 2.26. The number of nitrogens with two attached hydrogens (primary N) is 1. The molecule has 2 rings (SSSR count). The minimum atomic E-state index is 0.434. The van der Waals surface area contributed by atoms with Gasteiger partial charge in [-0.3, -0.25) is 0 Å². The van der Waals surface area contributed by atoms with E-state index in [0.29, 0.717) is 5.11 Å². The molecule has 2 nitrogen and oxygen atoms in total. The minimum Gasteiger partial charge on any atom is -0.376 e. The standard InChI is InChI=1S/C14H16N2S/c1-2-10-16(14(15)17)13-9-5-7-11-6-3-4-8-12(11)13/h3-9H,2,10H2,1H3,(H2,15,17). The van der Waals surface area contributed by atoms with Crippen molar-refractivity contribution >= 4 is 33.8 Å². The molecule has 0 heterocycles. The van der Waals surface area contributed by atoms with Crippen LogP contribution in [0.1, 0.15) is 13.3 Å². The Balaban J connectivity index is 2.56. The molecule has 0 bridgehead atoms. The minimum absolute atomic E-state index is 0.434. The summed E-state index contributed by atoms with van der Waals surface area (Å²) in [5.41, 5.74) is 6.90. The highest BCUT2D eigenvalue weighted by Gasteiger charge is 2.10. The molecular formula is C14H16N2S. The van der Waals surface area contributed by atoms with E-state index in [9.17, 15) is 0 Å². The van der Waals surface area contributed by atoms with Gasteiger partial charge in [0.05, 0.1) is 5.69 Å². The maximum absolute atomic E-state index is 5.80. The van der Waals surface area contributed by atoms with E-state index in [1.54, 1.807) is 0 Å². The molecule has 0 spiro atoms. The van der Waals surface area contributed by atoms with E-state index < -0.39 is 0 Å².